The van der Waals surface area contributed by atoms with Crippen molar-refractivity contribution in [1.82, 2.24) is 9.80 Å². The van der Waals surface area contributed by atoms with Gasteiger partial charge in [-0.15, -0.1) is 0 Å². The molecule has 4 nitrogen and oxygen atoms in total. The lowest BCUT2D eigenvalue weighted by Gasteiger charge is -2.24. The molecule has 116 valence electrons. The lowest BCUT2D eigenvalue weighted by Crippen LogP contribution is -2.33. The third-order valence-electron chi connectivity index (χ3n) is 4.65. The van der Waals surface area contributed by atoms with Crippen LogP contribution in [0, 0.1) is 17.8 Å². The van der Waals surface area contributed by atoms with Crippen molar-refractivity contribution < 1.29 is 9.53 Å². The predicted octanol–water partition coefficient (Wildman–Crippen LogP) is 1.85. The number of rotatable bonds is 6. The van der Waals surface area contributed by atoms with Gasteiger partial charge in [-0.3, -0.25) is 4.79 Å². The SMILES string of the molecule is CC(C)C(=O)OCCCN1CC2CN(C(C)C)CC2C1. The van der Waals surface area contributed by atoms with Gasteiger partial charge >= 0.3 is 5.97 Å². The molecule has 0 aromatic heterocycles. The van der Waals surface area contributed by atoms with Crippen molar-refractivity contribution in [3.63, 3.8) is 0 Å². The topological polar surface area (TPSA) is 32.8 Å². The third-order valence-corrected chi connectivity index (χ3v) is 4.65. The van der Waals surface area contributed by atoms with Gasteiger partial charge in [-0.2, -0.15) is 0 Å². The molecule has 0 aromatic rings. The highest BCUT2D eigenvalue weighted by molar-refractivity contribution is 5.71. The largest absolute Gasteiger partial charge is 0.465 e. The van der Waals surface area contributed by atoms with Crippen LogP contribution in [0.25, 0.3) is 0 Å². The van der Waals surface area contributed by atoms with Crippen LogP contribution in [0.2, 0.25) is 0 Å². The fourth-order valence-corrected chi connectivity index (χ4v) is 3.36. The van der Waals surface area contributed by atoms with Gasteiger partial charge in [0.15, 0.2) is 0 Å². The number of hydrogen-bond donors (Lipinski definition) is 0. The van der Waals surface area contributed by atoms with Gasteiger partial charge in [0.2, 0.25) is 0 Å². The first-order chi connectivity index (χ1) is 9.47. The van der Waals surface area contributed by atoms with Crippen molar-refractivity contribution in [2.24, 2.45) is 17.8 Å². The molecule has 2 fully saturated rings. The molecule has 20 heavy (non-hydrogen) atoms. The van der Waals surface area contributed by atoms with Crippen LogP contribution < -0.4 is 0 Å². The van der Waals surface area contributed by atoms with E-state index in [9.17, 15) is 4.79 Å². The summed E-state index contributed by atoms with van der Waals surface area (Å²) in [4.78, 5) is 16.5. The second-order valence-corrected chi connectivity index (χ2v) is 7.00. The van der Waals surface area contributed by atoms with E-state index in [2.05, 4.69) is 23.6 Å². The van der Waals surface area contributed by atoms with Gasteiger partial charge in [0.1, 0.15) is 0 Å². The van der Waals surface area contributed by atoms with Crippen LogP contribution in [-0.4, -0.2) is 61.1 Å². The molecule has 0 bridgehead atoms. The van der Waals surface area contributed by atoms with Crippen molar-refractivity contribution in [2.45, 2.75) is 40.2 Å². The Morgan fingerprint density at radius 3 is 2.20 bits per heavy atom. The summed E-state index contributed by atoms with van der Waals surface area (Å²) in [5.74, 6) is 1.63. The minimum atomic E-state index is -0.0733. The van der Waals surface area contributed by atoms with E-state index < -0.39 is 0 Å². The number of hydrogen-bond acceptors (Lipinski definition) is 4. The predicted molar refractivity (Wildman–Crippen MR) is 80.5 cm³/mol. The smallest absolute Gasteiger partial charge is 0.308 e. The molecule has 0 radical (unpaired) electrons. The van der Waals surface area contributed by atoms with E-state index in [1.54, 1.807) is 0 Å². The maximum absolute atomic E-state index is 11.4. The number of ether oxygens (including phenoxy) is 1. The van der Waals surface area contributed by atoms with Crippen molar-refractivity contribution >= 4 is 5.97 Å². The third kappa shape index (κ3) is 3.95. The Kier molecular flexibility index (Phi) is 5.44. The maximum atomic E-state index is 11.4. The summed E-state index contributed by atoms with van der Waals surface area (Å²) in [7, 11) is 0. The molecule has 2 unspecified atom stereocenters. The Balaban J connectivity index is 1.61. The monoisotopic (exact) mass is 282 g/mol. The molecule has 0 aromatic carbocycles. The van der Waals surface area contributed by atoms with Gasteiger partial charge in [0.05, 0.1) is 12.5 Å². The fourth-order valence-electron chi connectivity index (χ4n) is 3.36. The molecule has 2 aliphatic rings. The van der Waals surface area contributed by atoms with Crippen molar-refractivity contribution in [3.8, 4) is 0 Å². The molecule has 0 aliphatic carbocycles. The quantitative estimate of drug-likeness (QED) is 0.550. The van der Waals surface area contributed by atoms with Crippen LogP contribution in [0.3, 0.4) is 0 Å². The fraction of sp³-hybridized carbons (Fsp3) is 0.938. The maximum Gasteiger partial charge on any atom is 0.308 e. The summed E-state index contributed by atoms with van der Waals surface area (Å²) in [5.41, 5.74) is 0. The summed E-state index contributed by atoms with van der Waals surface area (Å²) >= 11 is 0. The second-order valence-electron chi connectivity index (χ2n) is 7.00. The number of carbonyl (C=O) groups excluding carboxylic acids is 1. The van der Waals surface area contributed by atoms with Crippen molar-refractivity contribution in [3.05, 3.63) is 0 Å². The van der Waals surface area contributed by atoms with E-state index in [1.165, 1.54) is 26.2 Å². The van der Waals surface area contributed by atoms with E-state index in [4.69, 9.17) is 4.74 Å². The molecule has 2 heterocycles. The molecule has 0 amide bonds. The summed E-state index contributed by atoms with van der Waals surface area (Å²) in [5, 5.41) is 0. The van der Waals surface area contributed by atoms with E-state index in [0.717, 1.165) is 24.8 Å². The van der Waals surface area contributed by atoms with Gasteiger partial charge in [-0.1, -0.05) is 13.8 Å². The Hall–Kier alpha value is -0.610. The molecule has 0 spiro atoms. The Morgan fingerprint density at radius 1 is 1.10 bits per heavy atom. The van der Waals surface area contributed by atoms with Gasteiger partial charge in [0, 0.05) is 38.8 Å². The first-order valence-electron chi connectivity index (χ1n) is 8.10. The molecule has 2 saturated heterocycles. The Bertz CT molecular complexity index is 316. The zero-order valence-electron chi connectivity index (χ0n) is 13.5. The number of nitrogens with zero attached hydrogens (tertiary/aromatic N) is 2. The summed E-state index contributed by atoms with van der Waals surface area (Å²) in [6.07, 6.45) is 0.964. The minimum Gasteiger partial charge on any atom is -0.465 e. The Labute approximate surface area is 123 Å². The van der Waals surface area contributed by atoms with Crippen molar-refractivity contribution in [2.75, 3.05) is 39.3 Å². The highest BCUT2D eigenvalue weighted by Crippen LogP contribution is 2.31. The second kappa shape index (κ2) is 6.90. The highest BCUT2D eigenvalue weighted by Gasteiger charge is 2.40. The van der Waals surface area contributed by atoms with Crippen LogP contribution in [-0.2, 0) is 9.53 Å². The number of carbonyl (C=O) groups is 1. The van der Waals surface area contributed by atoms with Crippen molar-refractivity contribution in [1.29, 1.82) is 0 Å². The van der Waals surface area contributed by atoms with Gasteiger partial charge in [-0.05, 0) is 32.1 Å². The summed E-state index contributed by atoms with van der Waals surface area (Å²) in [6.45, 7) is 15.0. The Morgan fingerprint density at radius 2 is 1.70 bits per heavy atom. The lowest BCUT2D eigenvalue weighted by molar-refractivity contribution is -0.147. The van der Waals surface area contributed by atoms with E-state index in [-0.39, 0.29) is 11.9 Å². The molecule has 0 saturated carbocycles. The first kappa shape index (κ1) is 15.8. The van der Waals surface area contributed by atoms with E-state index in [1.807, 2.05) is 13.8 Å². The van der Waals surface area contributed by atoms with Crippen LogP contribution in [0.15, 0.2) is 0 Å². The molecular formula is C16H30N2O2. The zero-order valence-corrected chi connectivity index (χ0v) is 13.5. The van der Waals surface area contributed by atoms with Crippen LogP contribution in [0.4, 0.5) is 0 Å². The van der Waals surface area contributed by atoms with E-state index in [0.29, 0.717) is 12.6 Å². The molecule has 2 atom stereocenters. The molecule has 2 aliphatic heterocycles. The number of likely N-dealkylation sites (tertiary alicyclic amines) is 2. The number of esters is 1. The van der Waals surface area contributed by atoms with Gasteiger partial charge in [-0.25, -0.2) is 0 Å². The van der Waals surface area contributed by atoms with Crippen LogP contribution >= 0.6 is 0 Å². The zero-order chi connectivity index (χ0) is 14.7. The minimum absolute atomic E-state index is 0.0110. The highest BCUT2D eigenvalue weighted by atomic mass is 16.5. The average molecular weight is 282 g/mol. The van der Waals surface area contributed by atoms with E-state index >= 15 is 0 Å². The molecule has 2 rings (SSSR count). The van der Waals surface area contributed by atoms with Gasteiger partial charge in [0.25, 0.3) is 0 Å². The molecular weight excluding hydrogens is 252 g/mol. The van der Waals surface area contributed by atoms with Gasteiger partial charge < -0.3 is 14.5 Å². The normalized spacial score (nSPS) is 27.5. The molecule has 4 heteroatoms. The lowest BCUT2D eigenvalue weighted by atomic mass is 10.0. The first-order valence-corrected chi connectivity index (χ1v) is 8.10. The summed E-state index contributed by atoms with van der Waals surface area (Å²) in [6, 6.07) is 0.685. The van der Waals surface area contributed by atoms with Crippen LogP contribution in [0.5, 0.6) is 0 Å². The number of fused-ring (bicyclic) bond motifs is 1. The standard InChI is InChI=1S/C16H30N2O2/c1-12(2)16(19)20-7-5-6-17-8-14-10-18(13(3)4)11-15(14)9-17/h12-15H,5-11H2,1-4H3. The van der Waals surface area contributed by atoms with Crippen LogP contribution in [0.1, 0.15) is 34.1 Å². The molecule has 0 N–H and O–H groups in total. The average Bonchev–Trinajstić information content (AvgIpc) is 2.91. The summed E-state index contributed by atoms with van der Waals surface area (Å²) < 4.78 is 5.23.